The molecule has 5 nitrogen and oxygen atoms in total. The van der Waals surface area contributed by atoms with Crippen LogP contribution < -0.4 is 11.3 Å². The van der Waals surface area contributed by atoms with Gasteiger partial charge in [-0.25, -0.2) is 4.52 Å². The summed E-state index contributed by atoms with van der Waals surface area (Å²) in [6.45, 7) is 5.71. The molecule has 0 atom stereocenters. The minimum absolute atomic E-state index is 0.120. The van der Waals surface area contributed by atoms with Crippen molar-refractivity contribution in [3.63, 3.8) is 0 Å². The summed E-state index contributed by atoms with van der Waals surface area (Å²) in [7, 11) is 0. The number of nitrogens with one attached hydrogen (secondary N) is 1. The van der Waals surface area contributed by atoms with Crippen LogP contribution in [0.15, 0.2) is 4.79 Å². The maximum absolute atomic E-state index is 11.7. The largest absolute Gasteiger partial charge is 0.383 e. The van der Waals surface area contributed by atoms with Gasteiger partial charge in [-0.3, -0.25) is 4.79 Å². The second kappa shape index (κ2) is 3.12. The molecule has 0 fully saturated rings. The first-order valence-electron chi connectivity index (χ1n) is 4.92. The zero-order valence-electron chi connectivity index (χ0n) is 9.09. The number of nitrogen functional groups attached to an aromatic ring is 1. The van der Waals surface area contributed by atoms with Crippen LogP contribution in [0, 0.1) is 13.8 Å². The highest BCUT2D eigenvalue weighted by Gasteiger charge is 2.12. The highest BCUT2D eigenvalue weighted by Crippen LogP contribution is 2.15. The molecule has 2 aromatic rings. The van der Waals surface area contributed by atoms with Gasteiger partial charge in [-0.1, -0.05) is 6.92 Å². The fraction of sp³-hybridized carbons (Fsp3) is 0.400. The fourth-order valence-electron chi connectivity index (χ4n) is 1.70. The summed E-state index contributed by atoms with van der Waals surface area (Å²) in [5.41, 5.74) is 8.89. The van der Waals surface area contributed by atoms with Gasteiger partial charge >= 0.3 is 0 Å². The smallest absolute Gasteiger partial charge is 0.256 e. The molecule has 0 amide bonds. The number of hydrogen-bond donors (Lipinski definition) is 2. The SMILES string of the molecule is CCc1c(N)n2nc(C)c(C)c2[nH]c1=O. The second-order valence-electron chi connectivity index (χ2n) is 3.64. The Hall–Kier alpha value is -1.78. The van der Waals surface area contributed by atoms with Crippen molar-refractivity contribution in [1.82, 2.24) is 14.6 Å². The molecule has 0 spiro atoms. The van der Waals surface area contributed by atoms with Gasteiger partial charge in [0.05, 0.1) is 11.3 Å². The summed E-state index contributed by atoms with van der Waals surface area (Å²) in [6.07, 6.45) is 0.606. The Kier molecular flexibility index (Phi) is 2.03. The molecule has 0 aliphatic carbocycles. The van der Waals surface area contributed by atoms with Gasteiger partial charge in [-0.2, -0.15) is 5.10 Å². The number of nitrogens with two attached hydrogens (primary N) is 1. The number of aromatic amines is 1. The molecule has 0 aliphatic heterocycles. The predicted molar refractivity (Wildman–Crippen MR) is 59.1 cm³/mol. The number of fused-ring (bicyclic) bond motifs is 1. The Labute approximate surface area is 86.9 Å². The van der Waals surface area contributed by atoms with Crippen molar-refractivity contribution in [2.45, 2.75) is 27.2 Å². The van der Waals surface area contributed by atoms with Crippen molar-refractivity contribution < 1.29 is 0 Å². The number of nitrogens with zero attached hydrogens (tertiary/aromatic N) is 2. The minimum atomic E-state index is -0.120. The molecular formula is C10H14N4O. The minimum Gasteiger partial charge on any atom is -0.383 e. The van der Waals surface area contributed by atoms with Crippen molar-refractivity contribution in [3.05, 3.63) is 27.2 Å². The first-order valence-corrected chi connectivity index (χ1v) is 4.92. The molecule has 0 radical (unpaired) electrons. The Morgan fingerprint density at radius 2 is 2.13 bits per heavy atom. The maximum Gasteiger partial charge on any atom is 0.256 e. The van der Waals surface area contributed by atoms with E-state index in [4.69, 9.17) is 5.73 Å². The molecule has 15 heavy (non-hydrogen) atoms. The Morgan fingerprint density at radius 3 is 2.73 bits per heavy atom. The van der Waals surface area contributed by atoms with Gasteiger partial charge < -0.3 is 10.7 Å². The van der Waals surface area contributed by atoms with Crippen LogP contribution in [0.4, 0.5) is 5.82 Å². The lowest BCUT2D eigenvalue weighted by molar-refractivity contribution is 0.896. The summed E-state index contributed by atoms with van der Waals surface area (Å²) in [5.74, 6) is 0.437. The van der Waals surface area contributed by atoms with Gasteiger partial charge in [0.2, 0.25) is 0 Å². The van der Waals surface area contributed by atoms with Crippen LogP contribution in [-0.2, 0) is 6.42 Å². The third kappa shape index (κ3) is 1.23. The maximum atomic E-state index is 11.7. The number of rotatable bonds is 1. The van der Waals surface area contributed by atoms with Crippen LogP contribution in [0.1, 0.15) is 23.7 Å². The van der Waals surface area contributed by atoms with Crippen molar-refractivity contribution in [2.75, 3.05) is 5.73 Å². The van der Waals surface area contributed by atoms with E-state index in [1.165, 1.54) is 0 Å². The van der Waals surface area contributed by atoms with E-state index in [1.54, 1.807) is 4.52 Å². The van der Waals surface area contributed by atoms with E-state index >= 15 is 0 Å². The number of aryl methyl sites for hydroxylation is 2. The summed E-state index contributed by atoms with van der Waals surface area (Å²) in [5, 5.41) is 4.28. The summed E-state index contributed by atoms with van der Waals surface area (Å²) in [4.78, 5) is 14.5. The Balaban J connectivity index is 2.97. The summed E-state index contributed by atoms with van der Waals surface area (Å²) >= 11 is 0. The lowest BCUT2D eigenvalue weighted by Crippen LogP contribution is -2.18. The molecule has 0 aromatic carbocycles. The average Bonchev–Trinajstić information content (AvgIpc) is 2.46. The molecule has 3 N–H and O–H groups in total. The molecule has 2 rings (SSSR count). The molecule has 80 valence electrons. The van der Waals surface area contributed by atoms with Crippen LogP contribution in [-0.4, -0.2) is 14.6 Å². The number of hydrogen-bond acceptors (Lipinski definition) is 3. The van der Waals surface area contributed by atoms with Crippen molar-refractivity contribution in [1.29, 1.82) is 0 Å². The lowest BCUT2D eigenvalue weighted by Gasteiger charge is -2.04. The van der Waals surface area contributed by atoms with E-state index in [-0.39, 0.29) is 5.56 Å². The van der Waals surface area contributed by atoms with Gasteiger partial charge in [0.1, 0.15) is 11.5 Å². The fourth-order valence-corrected chi connectivity index (χ4v) is 1.70. The zero-order valence-corrected chi connectivity index (χ0v) is 9.09. The van der Waals surface area contributed by atoms with Crippen LogP contribution in [0.3, 0.4) is 0 Å². The van der Waals surface area contributed by atoms with Gasteiger partial charge in [0, 0.05) is 5.56 Å². The van der Waals surface area contributed by atoms with E-state index in [2.05, 4.69) is 10.1 Å². The Bertz CT molecular complexity index is 579. The molecule has 0 bridgehead atoms. The van der Waals surface area contributed by atoms with Crippen molar-refractivity contribution >= 4 is 11.5 Å². The first kappa shape index (κ1) is 9.76. The van der Waals surface area contributed by atoms with Gasteiger partial charge in [0.25, 0.3) is 5.56 Å². The molecular weight excluding hydrogens is 192 g/mol. The Morgan fingerprint density at radius 1 is 1.47 bits per heavy atom. The number of aromatic nitrogens is 3. The second-order valence-corrected chi connectivity index (χ2v) is 3.64. The van der Waals surface area contributed by atoms with Gasteiger partial charge in [0.15, 0.2) is 0 Å². The highest BCUT2D eigenvalue weighted by atomic mass is 16.1. The average molecular weight is 206 g/mol. The molecule has 2 aromatic heterocycles. The van der Waals surface area contributed by atoms with E-state index in [0.29, 0.717) is 23.4 Å². The van der Waals surface area contributed by atoms with Gasteiger partial charge in [-0.15, -0.1) is 0 Å². The molecule has 2 heterocycles. The lowest BCUT2D eigenvalue weighted by atomic mass is 10.2. The van der Waals surface area contributed by atoms with Gasteiger partial charge in [-0.05, 0) is 20.3 Å². The normalized spacial score (nSPS) is 11.1. The quantitative estimate of drug-likeness (QED) is 0.724. The highest BCUT2D eigenvalue weighted by molar-refractivity contribution is 5.55. The predicted octanol–water partition coefficient (Wildman–Crippen LogP) is 0.784. The number of anilines is 1. The topological polar surface area (TPSA) is 76.2 Å². The van der Waals surface area contributed by atoms with Crippen LogP contribution in [0.2, 0.25) is 0 Å². The summed E-state index contributed by atoms with van der Waals surface area (Å²) in [6, 6.07) is 0. The van der Waals surface area contributed by atoms with Crippen molar-refractivity contribution in [2.24, 2.45) is 0 Å². The zero-order chi connectivity index (χ0) is 11.2. The molecule has 5 heteroatoms. The third-order valence-corrected chi connectivity index (χ3v) is 2.76. The third-order valence-electron chi connectivity index (χ3n) is 2.76. The van der Waals surface area contributed by atoms with E-state index in [1.807, 2.05) is 20.8 Å². The standard InChI is InChI=1S/C10H14N4O/c1-4-7-8(11)14-9(12-10(7)15)5(2)6(3)13-14/h4,11H2,1-3H3,(H,12,15). The molecule has 0 saturated carbocycles. The molecule has 0 aliphatic rings. The van der Waals surface area contributed by atoms with E-state index in [9.17, 15) is 4.79 Å². The van der Waals surface area contributed by atoms with E-state index in [0.717, 1.165) is 11.3 Å². The van der Waals surface area contributed by atoms with E-state index < -0.39 is 0 Å². The molecule has 0 unspecified atom stereocenters. The van der Waals surface area contributed by atoms with Crippen LogP contribution in [0.25, 0.3) is 5.65 Å². The molecule has 0 saturated heterocycles. The van der Waals surface area contributed by atoms with Crippen molar-refractivity contribution in [3.8, 4) is 0 Å². The van der Waals surface area contributed by atoms with Crippen LogP contribution >= 0.6 is 0 Å². The summed E-state index contributed by atoms with van der Waals surface area (Å²) < 4.78 is 1.60. The monoisotopic (exact) mass is 206 g/mol. The number of H-pyrrole nitrogens is 1. The first-order chi connectivity index (χ1) is 7.06. The van der Waals surface area contributed by atoms with Crippen LogP contribution in [0.5, 0.6) is 0 Å².